The molecule has 0 radical (unpaired) electrons. The molecule has 1 aliphatic heterocycles. The van der Waals surface area contributed by atoms with E-state index in [9.17, 15) is 0 Å². The van der Waals surface area contributed by atoms with E-state index < -0.39 is 0 Å². The predicted octanol–water partition coefficient (Wildman–Crippen LogP) is 1.58. The zero-order chi connectivity index (χ0) is 8.84. The maximum atomic E-state index is 9.13. The van der Waals surface area contributed by atoms with Crippen molar-refractivity contribution in [2.24, 2.45) is 17.8 Å². The zero-order valence-electron chi connectivity index (χ0n) is 7.46. The second-order valence-electron chi connectivity index (χ2n) is 4.12. The van der Waals surface area contributed by atoms with Crippen LogP contribution in [0.2, 0.25) is 0 Å². The molecule has 1 N–H and O–H groups in total. The Morgan fingerprint density at radius 1 is 1.46 bits per heavy atom. The fourth-order valence-electron chi connectivity index (χ4n) is 2.74. The predicted molar refractivity (Wildman–Crippen MR) is 49.5 cm³/mol. The van der Waals surface area contributed by atoms with Crippen molar-refractivity contribution in [1.29, 1.82) is 5.26 Å². The molecule has 0 aromatic carbocycles. The van der Waals surface area contributed by atoms with E-state index in [0.717, 1.165) is 19.4 Å². The van der Waals surface area contributed by atoms with Crippen molar-refractivity contribution in [1.82, 2.24) is 5.32 Å². The van der Waals surface area contributed by atoms with Gasteiger partial charge in [0, 0.05) is 24.1 Å². The van der Waals surface area contributed by atoms with Crippen LogP contribution in [-0.4, -0.2) is 6.54 Å². The fourth-order valence-corrected chi connectivity index (χ4v) is 2.74. The average Bonchev–Trinajstić information content (AvgIpc) is 2.55. The average molecular weight is 172 g/mol. The van der Waals surface area contributed by atoms with E-state index in [-0.39, 0.29) is 5.92 Å². The van der Waals surface area contributed by atoms with Crippen molar-refractivity contribution in [2.75, 3.05) is 6.54 Å². The van der Waals surface area contributed by atoms with Gasteiger partial charge < -0.3 is 5.32 Å². The molecule has 3 rings (SSSR count). The monoisotopic (exact) mass is 172 g/mol. The molecule has 0 bridgehead atoms. The molecular weight excluding hydrogens is 160 g/mol. The third-order valence-electron chi connectivity index (χ3n) is 3.56. The van der Waals surface area contributed by atoms with Gasteiger partial charge in [0.05, 0.1) is 12.0 Å². The molecule has 1 heterocycles. The van der Waals surface area contributed by atoms with Gasteiger partial charge in [0.15, 0.2) is 0 Å². The van der Waals surface area contributed by atoms with Crippen molar-refractivity contribution in [3.05, 3.63) is 23.4 Å². The van der Waals surface area contributed by atoms with Crippen LogP contribution in [0.4, 0.5) is 0 Å². The van der Waals surface area contributed by atoms with Crippen LogP contribution in [0.15, 0.2) is 23.4 Å². The maximum Gasteiger partial charge on any atom is 0.0669 e. The van der Waals surface area contributed by atoms with Crippen LogP contribution < -0.4 is 5.32 Å². The van der Waals surface area contributed by atoms with Gasteiger partial charge in [-0.05, 0) is 24.5 Å². The zero-order valence-corrected chi connectivity index (χ0v) is 7.46. The largest absolute Gasteiger partial charge is 0.388 e. The SMILES string of the molecule is N#CC1C2CC=C2C=C2NCCC21. The maximum absolute atomic E-state index is 9.13. The first kappa shape index (κ1) is 7.20. The van der Waals surface area contributed by atoms with Gasteiger partial charge in [-0.2, -0.15) is 5.26 Å². The van der Waals surface area contributed by atoms with Gasteiger partial charge in [-0.3, -0.25) is 0 Å². The number of nitriles is 1. The first-order valence-electron chi connectivity index (χ1n) is 4.95. The molecule has 1 fully saturated rings. The minimum Gasteiger partial charge on any atom is -0.388 e. The third-order valence-corrected chi connectivity index (χ3v) is 3.56. The summed E-state index contributed by atoms with van der Waals surface area (Å²) in [6.45, 7) is 1.05. The van der Waals surface area contributed by atoms with E-state index in [1.807, 2.05) is 0 Å². The molecular formula is C11H12N2. The number of hydrogen-bond donors (Lipinski definition) is 1. The molecule has 2 heteroatoms. The highest BCUT2D eigenvalue weighted by molar-refractivity contribution is 5.40. The number of rotatable bonds is 0. The summed E-state index contributed by atoms with van der Waals surface area (Å²) in [5.74, 6) is 1.31. The number of fused-ring (bicyclic) bond motifs is 2. The van der Waals surface area contributed by atoms with Crippen LogP contribution >= 0.6 is 0 Å². The smallest absolute Gasteiger partial charge is 0.0669 e. The quantitative estimate of drug-likeness (QED) is 0.602. The lowest BCUT2D eigenvalue weighted by molar-refractivity contribution is 0.330. The van der Waals surface area contributed by atoms with Crippen LogP contribution in [0.3, 0.4) is 0 Å². The van der Waals surface area contributed by atoms with E-state index >= 15 is 0 Å². The highest BCUT2D eigenvalue weighted by Crippen LogP contribution is 2.46. The van der Waals surface area contributed by atoms with Gasteiger partial charge in [-0.25, -0.2) is 0 Å². The van der Waals surface area contributed by atoms with Gasteiger partial charge in [-0.15, -0.1) is 0 Å². The molecule has 2 nitrogen and oxygen atoms in total. The van der Waals surface area contributed by atoms with Gasteiger partial charge in [0.25, 0.3) is 0 Å². The molecule has 3 unspecified atom stereocenters. The van der Waals surface area contributed by atoms with Crippen LogP contribution in [0.1, 0.15) is 12.8 Å². The van der Waals surface area contributed by atoms with Crippen LogP contribution in [0.5, 0.6) is 0 Å². The van der Waals surface area contributed by atoms with E-state index in [0.29, 0.717) is 11.8 Å². The Kier molecular flexibility index (Phi) is 1.32. The normalized spacial score (nSPS) is 40.1. The van der Waals surface area contributed by atoms with Gasteiger partial charge in [0.1, 0.15) is 0 Å². The summed E-state index contributed by atoms with van der Waals surface area (Å²) < 4.78 is 0. The summed E-state index contributed by atoms with van der Waals surface area (Å²) in [5, 5.41) is 12.5. The van der Waals surface area contributed by atoms with Gasteiger partial charge in [-0.1, -0.05) is 6.08 Å². The first-order valence-corrected chi connectivity index (χ1v) is 4.95. The lowest BCUT2D eigenvalue weighted by Crippen LogP contribution is -2.32. The van der Waals surface area contributed by atoms with Gasteiger partial charge >= 0.3 is 0 Å². The van der Waals surface area contributed by atoms with Crippen molar-refractivity contribution in [3.8, 4) is 6.07 Å². The summed E-state index contributed by atoms with van der Waals surface area (Å²) in [6.07, 6.45) is 6.78. The van der Waals surface area contributed by atoms with E-state index in [4.69, 9.17) is 5.26 Å². The molecule has 66 valence electrons. The minimum absolute atomic E-state index is 0.245. The topological polar surface area (TPSA) is 35.8 Å². The Labute approximate surface area is 77.9 Å². The third kappa shape index (κ3) is 0.821. The number of nitrogens with one attached hydrogen (secondary N) is 1. The minimum atomic E-state index is 0.245. The van der Waals surface area contributed by atoms with Crippen LogP contribution in [-0.2, 0) is 0 Å². The lowest BCUT2D eigenvalue weighted by atomic mass is 9.66. The van der Waals surface area contributed by atoms with Crippen molar-refractivity contribution in [3.63, 3.8) is 0 Å². The van der Waals surface area contributed by atoms with Gasteiger partial charge in [0.2, 0.25) is 0 Å². The molecule has 0 spiro atoms. The Morgan fingerprint density at radius 3 is 3.08 bits per heavy atom. The first-order chi connectivity index (χ1) is 6.40. The summed E-state index contributed by atoms with van der Waals surface area (Å²) in [6, 6.07) is 2.49. The highest BCUT2D eigenvalue weighted by Gasteiger charge is 2.41. The van der Waals surface area contributed by atoms with E-state index in [2.05, 4.69) is 23.5 Å². The summed E-state index contributed by atoms with van der Waals surface area (Å²) in [4.78, 5) is 0. The molecule has 0 amide bonds. The Morgan fingerprint density at radius 2 is 2.38 bits per heavy atom. The van der Waals surface area contributed by atoms with Crippen molar-refractivity contribution in [2.45, 2.75) is 12.8 Å². The molecule has 3 atom stereocenters. The summed E-state index contributed by atoms with van der Waals surface area (Å²) in [5.41, 5.74) is 2.71. The highest BCUT2D eigenvalue weighted by atomic mass is 14.9. The lowest BCUT2D eigenvalue weighted by Gasteiger charge is -2.37. The van der Waals surface area contributed by atoms with Crippen LogP contribution in [0, 0.1) is 29.1 Å². The van der Waals surface area contributed by atoms with Crippen molar-refractivity contribution >= 4 is 0 Å². The van der Waals surface area contributed by atoms with E-state index in [1.165, 1.54) is 11.3 Å². The summed E-state index contributed by atoms with van der Waals surface area (Å²) >= 11 is 0. The van der Waals surface area contributed by atoms with Crippen molar-refractivity contribution < 1.29 is 0 Å². The Balaban J connectivity index is 2.04. The van der Waals surface area contributed by atoms with Crippen LogP contribution in [0.25, 0.3) is 0 Å². The Bertz CT molecular complexity index is 346. The standard InChI is InChI=1S/C11H12N2/c12-6-10-8-2-1-7(8)5-11-9(10)3-4-13-11/h1,5,8-10,13H,2-4H2. The van der Waals surface area contributed by atoms with E-state index in [1.54, 1.807) is 0 Å². The number of allylic oxidation sites excluding steroid dienone is 4. The number of nitrogens with zero attached hydrogens (tertiary/aromatic N) is 1. The molecule has 0 saturated carbocycles. The molecule has 0 aromatic rings. The number of hydrogen-bond acceptors (Lipinski definition) is 2. The summed E-state index contributed by atoms with van der Waals surface area (Å²) in [7, 11) is 0. The molecule has 0 aromatic heterocycles. The molecule has 3 aliphatic rings. The molecule has 13 heavy (non-hydrogen) atoms. The molecule has 2 aliphatic carbocycles. The second kappa shape index (κ2) is 2.38. The Hall–Kier alpha value is -1.23. The fraction of sp³-hybridized carbons (Fsp3) is 0.545. The second-order valence-corrected chi connectivity index (χ2v) is 4.12. The molecule has 1 saturated heterocycles.